The zero-order valence-electron chi connectivity index (χ0n) is 12.5. The van der Waals surface area contributed by atoms with Crippen molar-refractivity contribution < 1.29 is 14.1 Å². The van der Waals surface area contributed by atoms with Crippen LogP contribution in [0.25, 0.3) is 0 Å². The van der Waals surface area contributed by atoms with Gasteiger partial charge in [-0.15, -0.1) is 0 Å². The summed E-state index contributed by atoms with van der Waals surface area (Å²) in [4.78, 5) is 15.4. The topological polar surface area (TPSA) is 86.5 Å². The number of aromatic nitrogens is 1. The number of nitrogens with two attached hydrogens (primary N) is 1. The molecule has 2 heterocycles. The van der Waals surface area contributed by atoms with Gasteiger partial charge < -0.3 is 20.4 Å². The van der Waals surface area contributed by atoms with E-state index in [2.05, 4.69) is 10.3 Å². The second-order valence-corrected chi connectivity index (χ2v) is 5.98. The van der Waals surface area contributed by atoms with Gasteiger partial charge in [-0.3, -0.25) is 4.79 Å². The largest absolute Gasteiger partial charge is 0.498 e. The summed E-state index contributed by atoms with van der Waals surface area (Å²) in [6.07, 6.45) is 1.49. The molecule has 108 valence electrons. The molecule has 1 aromatic heterocycles. The molecule has 1 saturated heterocycles. The molecular weight excluding hydrogens is 257 g/mol. The van der Waals surface area contributed by atoms with Crippen molar-refractivity contribution in [2.24, 2.45) is 0 Å². The highest BCUT2D eigenvalue weighted by Crippen LogP contribution is 2.36. The number of anilines is 2. The molecule has 0 aliphatic carbocycles. The van der Waals surface area contributed by atoms with Crippen LogP contribution in [0.1, 0.15) is 34.6 Å². The highest BCUT2D eigenvalue weighted by atomic mass is 16.7. The predicted octanol–water partition coefficient (Wildman–Crippen LogP) is 0.921. The van der Waals surface area contributed by atoms with E-state index in [0.717, 1.165) is 0 Å². The van der Waals surface area contributed by atoms with Gasteiger partial charge >= 0.3 is 7.12 Å². The molecule has 6 nitrogen and oxygen atoms in total. The van der Waals surface area contributed by atoms with Crippen LogP contribution in [0.3, 0.4) is 0 Å². The van der Waals surface area contributed by atoms with Crippen molar-refractivity contribution in [1.29, 1.82) is 0 Å². The molecule has 0 bridgehead atoms. The Bertz CT molecular complexity index is 530. The molecule has 1 aliphatic heterocycles. The first-order valence-electron chi connectivity index (χ1n) is 6.51. The number of nitrogens with zero attached hydrogens (tertiary/aromatic N) is 1. The van der Waals surface area contributed by atoms with Crippen molar-refractivity contribution in [1.82, 2.24) is 4.98 Å². The van der Waals surface area contributed by atoms with Crippen molar-refractivity contribution in [3.8, 4) is 0 Å². The number of rotatable bonds is 2. The van der Waals surface area contributed by atoms with E-state index in [4.69, 9.17) is 15.0 Å². The van der Waals surface area contributed by atoms with Crippen LogP contribution in [0.15, 0.2) is 12.3 Å². The minimum Gasteiger partial charge on any atom is -0.399 e. The first-order valence-corrected chi connectivity index (χ1v) is 6.51. The minimum absolute atomic E-state index is 0.208. The Kier molecular flexibility index (Phi) is 3.52. The quantitative estimate of drug-likeness (QED) is 0.785. The normalized spacial score (nSPS) is 19.9. The standard InChI is InChI=1S/C13H20BN3O3/c1-8(18)17-11-10(6-9(15)7-16-11)14-19-12(2,3)13(4,5)20-14/h6-7H,15H2,1-5H3,(H,16,17,18). The van der Waals surface area contributed by atoms with E-state index < -0.39 is 18.3 Å². The van der Waals surface area contributed by atoms with Gasteiger partial charge in [0.15, 0.2) is 0 Å². The maximum atomic E-state index is 11.3. The summed E-state index contributed by atoms with van der Waals surface area (Å²) in [6, 6.07) is 1.71. The number of amides is 1. The van der Waals surface area contributed by atoms with Crippen molar-refractivity contribution >= 4 is 30.0 Å². The Labute approximate surface area is 119 Å². The Morgan fingerprint density at radius 3 is 2.35 bits per heavy atom. The molecule has 0 atom stereocenters. The molecule has 7 heteroatoms. The van der Waals surface area contributed by atoms with Crippen molar-refractivity contribution in [2.75, 3.05) is 11.1 Å². The number of carbonyl (C=O) groups excluding carboxylic acids is 1. The van der Waals surface area contributed by atoms with E-state index in [0.29, 0.717) is 17.0 Å². The number of nitrogen functional groups attached to an aromatic ring is 1. The zero-order valence-corrected chi connectivity index (χ0v) is 12.5. The molecule has 0 unspecified atom stereocenters. The van der Waals surface area contributed by atoms with Gasteiger partial charge in [0.1, 0.15) is 5.82 Å². The zero-order chi connectivity index (χ0) is 15.1. The number of nitrogens with one attached hydrogen (secondary N) is 1. The highest BCUT2D eigenvalue weighted by Gasteiger charge is 2.52. The van der Waals surface area contributed by atoms with Crippen LogP contribution in [0, 0.1) is 0 Å². The second-order valence-electron chi connectivity index (χ2n) is 5.98. The number of pyridine rings is 1. The lowest BCUT2D eigenvalue weighted by Crippen LogP contribution is -2.41. The molecule has 0 aromatic carbocycles. The summed E-state index contributed by atoms with van der Waals surface area (Å²) in [5.41, 5.74) is 5.96. The van der Waals surface area contributed by atoms with Gasteiger partial charge in [-0.2, -0.15) is 0 Å². The van der Waals surface area contributed by atoms with Crippen LogP contribution in [0.5, 0.6) is 0 Å². The Morgan fingerprint density at radius 2 is 1.85 bits per heavy atom. The summed E-state index contributed by atoms with van der Waals surface area (Å²) in [7, 11) is -0.613. The minimum atomic E-state index is -0.613. The van der Waals surface area contributed by atoms with E-state index >= 15 is 0 Å². The van der Waals surface area contributed by atoms with Gasteiger partial charge in [-0.1, -0.05) is 0 Å². The van der Waals surface area contributed by atoms with Crippen LogP contribution in [0.4, 0.5) is 11.5 Å². The number of hydrogen-bond donors (Lipinski definition) is 2. The third kappa shape index (κ3) is 2.64. The lowest BCUT2D eigenvalue weighted by molar-refractivity contribution is -0.114. The van der Waals surface area contributed by atoms with Gasteiger partial charge in [0, 0.05) is 18.1 Å². The predicted molar refractivity (Wildman–Crippen MR) is 78.7 cm³/mol. The van der Waals surface area contributed by atoms with Gasteiger partial charge in [-0.25, -0.2) is 4.98 Å². The fourth-order valence-corrected chi connectivity index (χ4v) is 1.92. The van der Waals surface area contributed by atoms with E-state index in [9.17, 15) is 4.79 Å². The summed E-state index contributed by atoms with van der Waals surface area (Å²) >= 11 is 0. The smallest absolute Gasteiger partial charge is 0.399 e. The highest BCUT2D eigenvalue weighted by molar-refractivity contribution is 6.64. The maximum Gasteiger partial charge on any atom is 0.498 e. The van der Waals surface area contributed by atoms with Gasteiger partial charge in [0.2, 0.25) is 5.91 Å². The van der Waals surface area contributed by atoms with E-state index in [1.165, 1.54) is 13.1 Å². The summed E-state index contributed by atoms with van der Waals surface area (Å²) in [5.74, 6) is 0.199. The van der Waals surface area contributed by atoms with Crippen molar-refractivity contribution in [2.45, 2.75) is 45.8 Å². The van der Waals surface area contributed by atoms with Crippen LogP contribution in [0.2, 0.25) is 0 Å². The average Bonchev–Trinajstić information content (AvgIpc) is 2.50. The fourth-order valence-electron chi connectivity index (χ4n) is 1.92. The van der Waals surface area contributed by atoms with Crippen LogP contribution in [-0.4, -0.2) is 29.2 Å². The Hall–Kier alpha value is -1.60. The van der Waals surface area contributed by atoms with E-state index in [1.54, 1.807) is 6.07 Å². The molecule has 3 N–H and O–H groups in total. The molecule has 0 saturated carbocycles. The average molecular weight is 277 g/mol. The first kappa shape index (κ1) is 14.8. The molecule has 1 fully saturated rings. The molecular formula is C13H20BN3O3. The summed E-state index contributed by atoms with van der Waals surface area (Å²) in [5, 5.41) is 2.67. The molecule has 1 amide bonds. The number of hydrogen-bond acceptors (Lipinski definition) is 5. The van der Waals surface area contributed by atoms with E-state index in [1.807, 2.05) is 27.7 Å². The SMILES string of the molecule is CC(=O)Nc1ncc(N)cc1B1OC(C)(C)C(C)(C)O1. The first-order chi connectivity index (χ1) is 9.12. The Morgan fingerprint density at radius 1 is 1.30 bits per heavy atom. The monoisotopic (exact) mass is 277 g/mol. The van der Waals surface area contributed by atoms with Crippen LogP contribution >= 0.6 is 0 Å². The van der Waals surface area contributed by atoms with Crippen molar-refractivity contribution in [3.05, 3.63) is 12.3 Å². The van der Waals surface area contributed by atoms with Crippen LogP contribution < -0.4 is 16.5 Å². The number of carbonyl (C=O) groups is 1. The van der Waals surface area contributed by atoms with Gasteiger partial charge in [0.05, 0.1) is 17.4 Å². The van der Waals surface area contributed by atoms with Gasteiger partial charge in [-0.05, 0) is 33.8 Å². The molecule has 1 aliphatic rings. The maximum absolute atomic E-state index is 11.3. The molecule has 1 aromatic rings. The Balaban J connectivity index is 2.38. The third-order valence-electron chi connectivity index (χ3n) is 3.74. The van der Waals surface area contributed by atoms with E-state index in [-0.39, 0.29) is 5.91 Å². The fraction of sp³-hybridized carbons (Fsp3) is 0.538. The van der Waals surface area contributed by atoms with Crippen molar-refractivity contribution in [3.63, 3.8) is 0 Å². The molecule has 0 radical (unpaired) electrons. The molecule has 2 rings (SSSR count). The molecule has 20 heavy (non-hydrogen) atoms. The summed E-state index contributed by atoms with van der Waals surface area (Å²) in [6.45, 7) is 9.28. The lowest BCUT2D eigenvalue weighted by Gasteiger charge is -2.32. The van der Waals surface area contributed by atoms with Gasteiger partial charge in [0.25, 0.3) is 0 Å². The lowest BCUT2D eigenvalue weighted by atomic mass is 9.79. The van der Waals surface area contributed by atoms with Crippen LogP contribution in [-0.2, 0) is 14.1 Å². The summed E-state index contributed by atoms with van der Waals surface area (Å²) < 4.78 is 11.9. The third-order valence-corrected chi connectivity index (χ3v) is 3.74. The molecule has 0 spiro atoms. The second kappa shape index (κ2) is 4.75.